The van der Waals surface area contributed by atoms with E-state index < -0.39 is 0 Å². The summed E-state index contributed by atoms with van der Waals surface area (Å²) in [5.74, 6) is 0.639. The van der Waals surface area contributed by atoms with Crippen LogP contribution >= 0.6 is 23.2 Å². The first kappa shape index (κ1) is 14.3. The predicted molar refractivity (Wildman–Crippen MR) is 79.7 cm³/mol. The molecule has 0 spiro atoms. The zero-order valence-electron chi connectivity index (χ0n) is 10.9. The Bertz CT molecular complexity index is 568. The van der Waals surface area contributed by atoms with Crippen molar-refractivity contribution in [1.82, 2.24) is 9.97 Å². The summed E-state index contributed by atoms with van der Waals surface area (Å²) in [7, 11) is 0. The molecule has 1 heterocycles. The van der Waals surface area contributed by atoms with Crippen molar-refractivity contribution in [2.24, 2.45) is 5.73 Å². The van der Waals surface area contributed by atoms with Gasteiger partial charge in [0.15, 0.2) is 5.82 Å². The highest BCUT2D eigenvalue weighted by Crippen LogP contribution is 2.26. The number of hydrogen-bond donors (Lipinski definition) is 1. The van der Waals surface area contributed by atoms with Crippen LogP contribution in [0.2, 0.25) is 10.0 Å². The van der Waals surface area contributed by atoms with E-state index in [0.717, 1.165) is 28.9 Å². The maximum Gasteiger partial charge on any atom is 0.159 e. The molecule has 100 valence electrons. The molecule has 0 radical (unpaired) electrons. The van der Waals surface area contributed by atoms with Crippen LogP contribution in [-0.4, -0.2) is 16.5 Å². The van der Waals surface area contributed by atoms with Crippen LogP contribution in [0.1, 0.15) is 17.0 Å². The number of hydrogen-bond acceptors (Lipinski definition) is 3. The second-order valence-electron chi connectivity index (χ2n) is 4.39. The van der Waals surface area contributed by atoms with Gasteiger partial charge in [0.1, 0.15) is 0 Å². The van der Waals surface area contributed by atoms with Gasteiger partial charge in [-0.05, 0) is 50.6 Å². The Balaban J connectivity index is 2.51. The molecular weight excluding hydrogens is 281 g/mol. The van der Waals surface area contributed by atoms with Gasteiger partial charge in [0, 0.05) is 27.0 Å². The van der Waals surface area contributed by atoms with Crippen molar-refractivity contribution in [1.29, 1.82) is 0 Å². The quantitative estimate of drug-likeness (QED) is 0.942. The molecule has 0 aliphatic rings. The Morgan fingerprint density at radius 3 is 2.00 bits per heavy atom. The first-order valence-corrected chi connectivity index (χ1v) is 6.77. The van der Waals surface area contributed by atoms with Crippen molar-refractivity contribution in [3.05, 3.63) is 45.2 Å². The summed E-state index contributed by atoms with van der Waals surface area (Å²) in [6, 6.07) is 5.31. The largest absolute Gasteiger partial charge is 0.330 e. The highest BCUT2D eigenvalue weighted by atomic mass is 35.5. The van der Waals surface area contributed by atoms with Crippen LogP contribution in [0.5, 0.6) is 0 Å². The van der Waals surface area contributed by atoms with E-state index in [9.17, 15) is 0 Å². The zero-order valence-corrected chi connectivity index (χ0v) is 12.4. The standard InChI is InChI=1S/C14H15Cl2N3/c1-8-13(3-4-17)9(2)19-14(18-8)10-5-11(15)7-12(16)6-10/h5-7H,3-4,17H2,1-2H3. The van der Waals surface area contributed by atoms with Gasteiger partial charge in [-0.3, -0.25) is 0 Å². The third kappa shape index (κ3) is 3.24. The van der Waals surface area contributed by atoms with E-state index in [1.165, 1.54) is 0 Å². The number of halogens is 2. The van der Waals surface area contributed by atoms with Crippen molar-refractivity contribution in [2.45, 2.75) is 20.3 Å². The van der Waals surface area contributed by atoms with Crippen LogP contribution in [0.3, 0.4) is 0 Å². The monoisotopic (exact) mass is 295 g/mol. The Morgan fingerprint density at radius 2 is 1.53 bits per heavy atom. The van der Waals surface area contributed by atoms with E-state index in [-0.39, 0.29) is 0 Å². The molecular formula is C14H15Cl2N3. The highest BCUT2D eigenvalue weighted by molar-refractivity contribution is 6.35. The molecule has 0 amide bonds. The maximum atomic E-state index is 6.00. The van der Waals surface area contributed by atoms with Crippen LogP contribution in [0.4, 0.5) is 0 Å². The molecule has 2 rings (SSSR count). The van der Waals surface area contributed by atoms with Crippen LogP contribution in [0, 0.1) is 13.8 Å². The average molecular weight is 296 g/mol. The Labute approximate surface area is 122 Å². The van der Waals surface area contributed by atoms with Gasteiger partial charge < -0.3 is 5.73 Å². The molecule has 0 unspecified atom stereocenters. The molecule has 5 heteroatoms. The molecule has 1 aromatic heterocycles. The summed E-state index contributed by atoms with van der Waals surface area (Å²) in [5, 5.41) is 1.15. The molecule has 2 N–H and O–H groups in total. The fourth-order valence-corrected chi connectivity index (χ4v) is 2.58. The third-order valence-corrected chi connectivity index (χ3v) is 3.37. The molecule has 2 aromatic rings. The van der Waals surface area contributed by atoms with Crippen molar-refractivity contribution < 1.29 is 0 Å². The first-order valence-electron chi connectivity index (χ1n) is 6.02. The number of rotatable bonds is 3. The van der Waals surface area contributed by atoms with Gasteiger partial charge >= 0.3 is 0 Å². The van der Waals surface area contributed by atoms with Gasteiger partial charge in [-0.15, -0.1) is 0 Å². The average Bonchev–Trinajstić information content (AvgIpc) is 2.32. The van der Waals surface area contributed by atoms with E-state index in [1.807, 2.05) is 26.0 Å². The summed E-state index contributed by atoms with van der Waals surface area (Å²) in [6.45, 7) is 4.53. The lowest BCUT2D eigenvalue weighted by Crippen LogP contribution is -2.09. The summed E-state index contributed by atoms with van der Waals surface area (Å²) >= 11 is 12.0. The van der Waals surface area contributed by atoms with Crippen molar-refractivity contribution in [3.8, 4) is 11.4 Å². The molecule has 1 aromatic carbocycles. The van der Waals surface area contributed by atoms with Gasteiger partial charge in [-0.25, -0.2) is 9.97 Å². The van der Waals surface area contributed by atoms with E-state index in [0.29, 0.717) is 22.4 Å². The van der Waals surface area contributed by atoms with Gasteiger partial charge in [-0.1, -0.05) is 23.2 Å². The second kappa shape index (κ2) is 5.87. The number of nitrogens with two attached hydrogens (primary N) is 1. The molecule has 0 fully saturated rings. The molecule has 0 aliphatic heterocycles. The number of aromatic nitrogens is 2. The fraction of sp³-hybridized carbons (Fsp3) is 0.286. The number of aryl methyl sites for hydroxylation is 2. The Morgan fingerprint density at radius 1 is 1.00 bits per heavy atom. The van der Waals surface area contributed by atoms with Crippen molar-refractivity contribution >= 4 is 23.2 Å². The van der Waals surface area contributed by atoms with Crippen LogP contribution < -0.4 is 5.73 Å². The molecule has 0 atom stereocenters. The van der Waals surface area contributed by atoms with Gasteiger partial charge in [-0.2, -0.15) is 0 Å². The topological polar surface area (TPSA) is 51.8 Å². The second-order valence-corrected chi connectivity index (χ2v) is 5.27. The lowest BCUT2D eigenvalue weighted by molar-refractivity contribution is 0.899. The van der Waals surface area contributed by atoms with Crippen LogP contribution in [0.15, 0.2) is 18.2 Å². The third-order valence-electron chi connectivity index (χ3n) is 2.94. The molecule has 0 saturated carbocycles. The van der Waals surface area contributed by atoms with E-state index in [2.05, 4.69) is 9.97 Å². The van der Waals surface area contributed by atoms with Crippen LogP contribution in [-0.2, 0) is 6.42 Å². The molecule has 0 saturated heterocycles. The molecule has 19 heavy (non-hydrogen) atoms. The summed E-state index contributed by atoms with van der Waals surface area (Å²) in [4.78, 5) is 9.04. The number of benzene rings is 1. The minimum atomic E-state index is 0.576. The Hall–Kier alpha value is -1.16. The number of nitrogens with zero attached hydrogens (tertiary/aromatic N) is 2. The van der Waals surface area contributed by atoms with Gasteiger partial charge in [0.25, 0.3) is 0 Å². The Kier molecular flexibility index (Phi) is 4.40. The van der Waals surface area contributed by atoms with Crippen molar-refractivity contribution in [2.75, 3.05) is 6.54 Å². The van der Waals surface area contributed by atoms with Gasteiger partial charge in [0.2, 0.25) is 0 Å². The van der Waals surface area contributed by atoms with E-state index in [1.54, 1.807) is 6.07 Å². The van der Waals surface area contributed by atoms with E-state index >= 15 is 0 Å². The lowest BCUT2D eigenvalue weighted by atomic mass is 10.1. The summed E-state index contributed by atoms with van der Waals surface area (Å²) in [6.07, 6.45) is 0.786. The first-order chi connectivity index (χ1) is 9.01. The lowest BCUT2D eigenvalue weighted by Gasteiger charge is -2.10. The van der Waals surface area contributed by atoms with Crippen molar-refractivity contribution in [3.63, 3.8) is 0 Å². The SMILES string of the molecule is Cc1nc(-c2cc(Cl)cc(Cl)c2)nc(C)c1CCN. The normalized spacial score (nSPS) is 10.8. The van der Waals surface area contributed by atoms with Gasteiger partial charge in [0.05, 0.1) is 0 Å². The van der Waals surface area contributed by atoms with E-state index in [4.69, 9.17) is 28.9 Å². The summed E-state index contributed by atoms with van der Waals surface area (Å²) < 4.78 is 0. The van der Waals surface area contributed by atoms with Crippen LogP contribution in [0.25, 0.3) is 11.4 Å². The molecule has 0 bridgehead atoms. The summed E-state index contributed by atoms with van der Waals surface area (Å²) in [5.41, 5.74) is 9.43. The smallest absolute Gasteiger partial charge is 0.159 e. The minimum Gasteiger partial charge on any atom is -0.330 e. The molecule has 0 aliphatic carbocycles. The fourth-order valence-electron chi connectivity index (χ4n) is 2.06. The zero-order chi connectivity index (χ0) is 14.0. The molecule has 3 nitrogen and oxygen atoms in total. The maximum absolute atomic E-state index is 6.00. The minimum absolute atomic E-state index is 0.576. The predicted octanol–water partition coefficient (Wildman–Crippen LogP) is 3.57. The highest BCUT2D eigenvalue weighted by Gasteiger charge is 2.10.